The maximum absolute atomic E-state index is 6.21. The van der Waals surface area contributed by atoms with E-state index in [-0.39, 0.29) is 0 Å². The molecule has 3 nitrogen and oxygen atoms in total. The molecule has 3 heteroatoms. The first-order valence-corrected chi connectivity index (χ1v) is 12.2. The van der Waals surface area contributed by atoms with E-state index in [9.17, 15) is 0 Å². The van der Waals surface area contributed by atoms with Crippen LogP contribution in [-0.4, -0.2) is 49.1 Å². The summed E-state index contributed by atoms with van der Waals surface area (Å²) in [6.45, 7) is 11.1. The molecule has 0 radical (unpaired) electrons. The van der Waals surface area contributed by atoms with Gasteiger partial charge in [0.05, 0.1) is 6.61 Å². The lowest BCUT2D eigenvalue weighted by Crippen LogP contribution is -2.34. The summed E-state index contributed by atoms with van der Waals surface area (Å²) in [5.74, 6) is 4.19. The van der Waals surface area contributed by atoms with Crippen molar-refractivity contribution in [3.63, 3.8) is 0 Å². The molecule has 31 heavy (non-hydrogen) atoms. The number of nitrogens with zero attached hydrogens (tertiary/aromatic N) is 2. The maximum atomic E-state index is 6.21. The van der Waals surface area contributed by atoms with Crippen LogP contribution in [0.5, 0.6) is 5.75 Å². The zero-order chi connectivity index (χ0) is 21.6. The van der Waals surface area contributed by atoms with Gasteiger partial charge in [-0.05, 0) is 94.4 Å². The molecular formula is C28H38N2O. The third-order valence-electron chi connectivity index (χ3n) is 7.28. The van der Waals surface area contributed by atoms with Gasteiger partial charge in [-0.1, -0.05) is 36.1 Å². The quantitative estimate of drug-likeness (QED) is 0.321. The van der Waals surface area contributed by atoms with Crippen LogP contribution in [0.1, 0.15) is 75.5 Å². The van der Waals surface area contributed by atoms with Crippen molar-refractivity contribution in [2.24, 2.45) is 0 Å². The van der Waals surface area contributed by atoms with Gasteiger partial charge < -0.3 is 9.64 Å². The highest BCUT2D eigenvalue weighted by molar-refractivity contribution is 5.46. The Bertz CT molecular complexity index is 856. The van der Waals surface area contributed by atoms with Gasteiger partial charge in [0, 0.05) is 25.0 Å². The Morgan fingerprint density at radius 2 is 1.94 bits per heavy atom. The minimum atomic E-state index is 0.430. The summed E-state index contributed by atoms with van der Waals surface area (Å²) in [7, 11) is 0. The molecular weight excluding hydrogens is 380 g/mol. The molecule has 0 N–H and O–H groups in total. The summed E-state index contributed by atoms with van der Waals surface area (Å²) in [5.41, 5.74) is 5.32. The lowest BCUT2D eigenvalue weighted by molar-refractivity contribution is 0.204. The van der Waals surface area contributed by atoms with E-state index in [0.717, 1.165) is 37.4 Å². The van der Waals surface area contributed by atoms with E-state index in [1.54, 1.807) is 0 Å². The van der Waals surface area contributed by atoms with Crippen molar-refractivity contribution in [3.8, 4) is 18.1 Å². The molecule has 0 unspecified atom stereocenters. The number of allylic oxidation sites excluding steroid dienone is 3. The number of terminal acetylenes is 1. The second-order valence-electron chi connectivity index (χ2n) is 9.51. The topological polar surface area (TPSA) is 15.7 Å². The molecule has 0 aromatic heterocycles. The molecule has 0 aliphatic carbocycles. The van der Waals surface area contributed by atoms with Crippen molar-refractivity contribution in [2.75, 3.05) is 39.3 Å². The summed E-state index contributed by atoms with van der Waals surface area (Å²) in [6.07, 6.45) is 17.6. The number of rotatable bonds is 7. The molecule has 3 aliphatic heterocycles. The van der Waals surface area contributed by atoms with Gasteiger partial charge in [-0.15, -0.1) is 6.42 Å². The smallest absolute Gasteiger partial charge is 0.119 e. The first-order valence-electron chi connectivity index (χ1n) is 12.2. The molecule has 1 aromatic rings. The summed E-state index contributed by atoms with van der Waals surface area (Å²) in [5, 5.41) is 0. The number of benzene rings is 1. The van der Waals surface area contributed by atoms with Gasteiger partial charge in [-0.25, -0.2) is 0 Å². The minimum absolute atomic E-state index is 0.430. The van der Waals surface area contributed by atoms with Gasteiger partial charge in [0.2, 0.25) is 0 Å². The highest BCUT2D eigenvalue weighted by Gasteiger charge is 2.36. The molecule has 0 spiro atoms. The standard InChI is InChI=1S/C28H38N2O/c1-4-22(2)11-12-23(3)27-21-30-18-8-10-28(30)26-20-24(13-14-25(26)27)31-19-9-17-29-15-6-5-7-16-29/h1,11-14,20,27-28H,5-10,15-19,21H2,2-3H3/b22-11+,23-12+/t27-,28+/m1/s1. The molecule has 0 saturated carbocycles. The maximum Gasteiger partial charge on any atom is 0.119 e. The third-order valence-corrected chi connectivity index (χ3v) is 7.28. The summed E-state index contributed by atoms with van der Waals surface area (Å²) < 4.78 is 6.21. The van der Waals surface area contributed by atoms with Crippen molar-refractivity contribution in [2.45, 2.75) is 64.3 Å². The second kappa shape index (κ2) is 10.5. The highest BCUT2D eigenvalue weighted by Crippen LogP contribution is 2.45. The first-order chi connectivity index (χ1) is 15.2. The van der Waals surface area contributed by atoms with Crippen LogP contribution >= 0.6 is 0 Å². The molecule has 1 aromatic carbocycles. The lowest BCUT2D eigenvalue weighted by Gasteiger charge is -2.38. The van der Waals surface area contributed by atoms with Crippen LogP contribution in [0.4, 0.5) is 0 Å². The Labute approximate surface area is 189 Å². The van der Waals surface area contributed by atoms with E-state index >= 15 is 0 Å². The lowest BCUT2D eigenvalue weighted by atomic mass is 9.81. The molecule has 4 rings (SSSR count). The molecule has 0 bridgehead atoms. The second-order valence-corrected chi connectivity index (χ2v) is 9.51. The normalized spacial score (nSPS) is 25.1. The van der Waals surface area contributed by atoms with Gasteiger partial charge in [-0.3, -0.25) is 4.90 Å². The SMILES string of the molecule is C#C/C(C)=C/C=C(\C)[C@H]1CN2CCC[C@H]2c2cc(OCCCN3CCCCC3)ccc21. The summed E-state index contributed by atoms with van der Waals surface area (Å²) in [6, 6.07) is 7.40. The van der Waals surface area contributed by atoms with Crippen molar-refractivity contribution in [3.05, 3.63) is 52.6 Å². The predicted octanol–water partition coefficient (Wildman–Crippen LogP) is 5.70. The van der Waals surface area contributed by atoms with Gasteiger partial charge in [-0.2, -0.15) is 0 Å². The van der Waals surface area contributed by atoms with Crippen molar-refractivity contribution in [1.82, 2.24) is 9.80 Å². The fourth-order valence-electron chi connectivity index (χ4n) is 5.45. The average Bonchev–Trinajstić information content (AvgIpc) is 3.29. The van der Waals surface area contributed by atoms with Crippen LogP contribution in [0.3, 0.4) is 0 Å². The van der Waals surface area contributed by atoms with Gasteiger partial charge >= 0.3 is 0 Å². The van der Waals surface area contributed by atoms with E-state index in [4.69, 9.17) is 11.2 Å². The molecule has 2 atom stereocenters. The van der Waals surface area contributed by atoms with Crippen molar-refractivity contribution in [1.29, 1.82) is 0 Å². The number of ether oxygens (including phenoxy) is 1. The number of hydrogen-bond donors (Lipinski definition) is 0. The fraction of sp³-hybridized carbons (Fsp3) is 0.571. The molecule has 2 fully saturated rings. The van der Waals surface area contributed by atoms with E-state index in [1.165, 1.54) is 68.4 Å². The van der Waals surface area contributed by atoms with Crippen LogP contribution < -0.4 is 4.74 Å². The summed E-state index contributed by atoms with van der Waals surface area (Å²) >= 11 is 0. The molecule has 3 aliphatic rings. The third kappa shape index (κ3) is 5.43. The fourth-order valence-corrected chi connectivity index (χ4v) is 5.45. The zero-order valence-corrected chi connectivity index (χ0v) is 19.4. The van der Waals surface area contributed by atoms with Crippen LogP contribution in [0.25, 0.3) is 0 Å². The van der Waals surface area contributed by atoms with Gasteiger partial charge in [0.15, 0.2) is 0 Å². The number of likely N-dealkylation sites (tertiary alicyclic amines) is 1. The van der Waals surface area contributed by atoms with Crippen LogP contribution in [0.15, 0.2) is 41.5 Å². The molecule has 3 heterocycles. The zero-order valence-electron chi connectivity index (χ0n) is 19.4. The first kappa shape index (κ1) is 22.2. The molecule has 2 saturated heterocycles. The minimum Gasteiger partial charge on any atom is -0.494 e. The van der Waals surface area contributed by atoms with Gasteiger partial charge in [0.25, 0.3) is 0 Å². The molecule has 166 valence electrons. The summed E-state index contributed by atoms with van der Waals surface area (Å²) in [4.78, 5) is 5.26. The monoisotopic (exact) mass is 418 g/mol. The number of fused-ring (bicyclic) bond motifs is 3. The Balaban J connectivity index is 1.45. The largest absolute Gasteiger partial charge is 0.494 e. The number of hydrogen-bond acceptors (Lipinski definition) is 3. The Hall–Kier alpha value is -2.02. The average molecular weight is 419 g/mol. The van der Waals surface area contributed by atoms with Crippen molar-refractivity contribution >= 4 is 0 Å². The Morgan fingerprint density at radius 1 is 1.10 bits per heavy atom. The number of piperidine rings is 1. The van der Waals surface area contributed by atoms with Crippen molar-refractivity contribution < 1.29 is 4.74 Å². The van der Waals surface area contributed by atoms with E-state index in [2.05, 4.69) is 53.0 Å². The van der Waals surface area contributed by atoms with E-state index in [0.29, 0.717) is 12.0 Å². The predicted molar refractivity (Wildman–Crippen MR) is 129 cm³/mol. The molecule has 0 amide bonds. The van der Waals surface area contributed by atoms with E-state index < -0.39 is 0 Å². The van der Waals surface area contributed by atoms with Crippen LogP contribution in [0, 0.1) is 12.3 Å². The Kier molecular flexibility index (Phi) is 7.54. The highest BCUT2D eigenvalue weighted by atomic mass is 16.5. The van der Waals surface area contributed by atoms with Gasteiger partial charge in [0.1, 0.15) is 5.75 Å². The van der Waals surface area contributed by atoms with Crippen LogP contribution in [0.2, 0.25) is 0 Å². The van der Waals surface area contributed by atoms with E-state index in [1.807, 2.05) is 6.92 Å². The Morgan fingerprint density at radius 3 is 2.74 bits per heavy atom. The van der Waals surface area contributed by atoms with Crippen LogP contribution in [-0.2, 0) is 0 Å².